The van der Waals surface area contributed by atoms with Crippen molar-refractivity contribution in [3.05, 3.63) is 0 Å². The van der Waals surface area contributed by atoms with Crippen molar-refractivity contribution in [3.63, 3.8) is 0 Å². The van der Waals surface area contributed by atoms with Crippen LogP contribution in [0.5, 0.6) is 0 Å². The minimum Gasteiger partial charge on any atom is -0.394 e. The predicted octanol–water partition coefficient (Wildman–Crippen LogP) is -20.0. The molecular formula is C55H94O46. The van der Waals surface area contributed by atoms with Crippen molar-refractivity contribution in [2.45, 2.75) is 276 Å². The quantitative estimate of drug-likeness (QED) is 0.0382. The molecule has 28 N–H and O–H groups in total. The Hall–Kier alpha value is -1.84. The molecule has 0 aromatic heterocycles. The number of ether oxygens (including phenoxy) is 18. The van der Waals surface area contributed by atoms with E-state index in [0.717, 1.165) is 7.11 Å². The summed E-state index contributed by atoms with van der Waals surface area (Å²) >= 11 is 0. The maximum absolute atomic E-state index is 12.2. The zero-order chi connectivity index (χ0) is 74.1. The summed E-state index contributed by atoms with van der Waals surface area (Å²) in [7, 11) is 0.984. The van der Waals surface area contributed by atoms with Gasteiger partial charge >= 0.3 is 0 Å². The molecule has 0 aromatic carbocycles. The lowest BCUT2D eigenvalue weighted by molar-refractivity contribution is -0.405. The summed E-state index contributed by atoms with van der Waals surface area (Å²) in [5.41, 5.74) is 0. The Labute approximate surface area is 570 Å². The zero-order valence-corrected chi connectivity index (χ0v) is 53.2. The Morgan fingerprint density at radius 1 is 0.188 bits per heavy atom. The smallest absolute Gasteiger partial charge is 0.187 e. The Kier molecular flexibility index (Phi) is 29.8. The molecule has 101 heavy (non-hydrogen) atoms. The normalized spacial score (nSPS) is 53.3. The average Bonchev–Trinajstić information content (AvgIpc) is 0.776. The van der Waals surface area contributed by atoms with Crippen LogP contribution >= 0.6 is 0 Å². The van der Waals surface area contributed by atoms with Gasteiger partial charge in [0.15, 0.2) is 56.6 Å². The largest absolute Gasteiger partial charge is 0.394 e. The van der Waals surface area contributed by atoms with Gasteiger partial charge in [0.1, 0.15) is 220 Å². The first-order valence-corrected chi connectivity index (χ1v) is 32.1. The Balaban J connectivity index is 0.996. The van der Waals surface area contributed by atoms with Crippen molar-refractivity contribution < 1.29 is 228 Å². The average molecular weight is 1490 g/mol. The van der Waals surface area contributed by atoms with Crippen molar-refractivity contribution in [2.75, 3.05) is 66.6 Å². The van der Waals surface area contributed by atoms with Crippen LogP contribution in [-0.2, 0) is 85.3 Å². The molecule has 0 radical (unpaired) electrons. The fraction of sp³-hybridized carbons (Fsp3) is 1.00. The summed E-state index contributed by atoms with van der Waals surface area (Å²) in [6.07, 6.45) is -92.8. The van der Waals surface area contributed by atoms with E-state index in [-0.39, 0.29) is 0 Å². The first-order valence-electron chi connectivity index (χ1n) is 32.1. The van der Waals surface area contributed by atoms with Gasteiger partial charge in [-0.25, -0.2) is 0 Å². The molecule has 0 aromatic rings. The van der Waals surface area contributed by atoms with E-state index < -0.39 is 336 Å². The van der Waals surface area contributed by atoms with Crippen molar-refractivity contribution >= 4 is 0 Å². The van der Waals surface area contributed by atoms with Crippen molar-refractivity contribution in [1.29, 1.82) is 0 Å². The summed E-state index contributed by atoms with van der Waals surface area (Å²) in [5.74, 6) is 0. The third-order valence-corrected chi connectivity index (χ3v) is 19.0. The second-order valence-electron chi connectivity index (χ2n) is 25.5. The van der Waals surface area contributed by atoms with Crippen LogP contribution in [0.25, 0.3) is 0 Å². The van der Waals surface area contributed by atoms with Gasteiger partial charge in [0, 0.05) is 7.11 Å². The van der Waals surface area contributed by atoms with E-state index in [2.05, 4.69) is 0 Å². The molecule has 0 bridgehead atoms. The van der Waals surface area contributed by atoms with Gasteiger partial charge in [0.05, 0.1) is 59.5 Å². The summed E-state index contributed by atoms with van der Waals surface area (Å²) in [6, 6.07) is 0. The molecule has 9 rings (SSSR count). The monoisotopic (exact) mass is 1490 g/mol. The van der Waals surface area contributed by atoms with E-state index in [4.69, 9.17) is 85.3 Å². The van der Waals surface area contributed by atoms with E-state index in [1.54, 1.807) is 0 Å². The fourth-order valence-corrected chi connectivity index (χ4v) is 12.8. The van der Waals surface area contributed by atoms with Gasteiger partial charge in [-0.2, -0.15) is 0 Å². The predicted molar refractivity (Wildman–Crippen MR) is 302 cm³/mol. The number of hydrogen-bond donors (Lipinski definition) is 28. The lowest BCUT2D eigenvalue weighted by Crippen LogP contribution is -2.68. The second-order valence-corrected chi connectivity index (χ2v) is 25.5. The highest BCUT2D eigenvalue weighted by molar-refractivity contribution is 5.02. The second kappa shape index (κ2) is 36.1. The van der Waals surface area contributed by atoms with Crippen molar-refractivity contribution in [1.82, 2.24) is 0 Å². The fourth-order valence-electron chi connectivity index (χ4n) is 12.8. The van der Waals surface area contributed by atoms with E-state index in [1.165, 1.54) is 0 Å². The van der Waals surface area contributed by atoms with Crippen LogP contribution in [0.3, 0.4) is 0 Å². The first kappa shape index (κ1) is 83.2. The van der Waals surface area contributed by atoms with E-state index >= 15 is 0 Å². The van der Waals surface area contributed by atoms with Gasteiger partial charge in [-0.15, -0.1) is 0 Å². The van der Waals surface area contributed by atoms with Crippen molar-refractivity contribution in [2.24, 2.45) is 0 Å². The third kappa shape index (κ3) is 17.4. The van der Waals surface area contributed by atoms with E-state index in [0.29, 0.717) is 0 Å². The maximum atomic E-state index is 12.2. The molecule has 0 amide bonds. The molecule has 0 aliphatic carbocycles. The molecule has 46 heteroatoms. The van der Waals surface area contributed by atoms with Crippen LogP contribution in [0.1, 0.15) is 0 Å². The topological polar surface area (TPSA) is 733 Å². The Morgan fingerprint density at radius 3 is 0.683 bits per heavy atom. The van der Waals surface area contributed by atoms with Crippen LogP contribution in [-0.4, -0.2) is 486 Å². The molecule has 0 spiro atoms. The highest BCUT2D eigenvalue weighted by atomic mass is 16.8. The number of aliphatic hydroxyl groups excluding tert-OH is 28. The highest BCUT2D eigenvalue weighted by Gasteiger charge is 2.60. The first-order chi connectivity index (χ1) is 47.9. The number of rotatable bonds is 26. The highest BCUT2D eigenvalue weighted by Crippen LogP contribution is 2.39. The molecule has 9 saturated heterocycles. The molecule has 9 heterocycles. The SMILES string of the molecule is CO[C@H]1O[C@H](CO[C@H]2O[C@H](CO[C@H]3O[C@H](CO)[C@@H](O)[C@H](O)[C@@H]3O[C@H]3O[C@H](CO)[C@@H](O)[C@H](O)[C@@H]3O)[C@@H](O)[C@H](O[C@H]3O[C@H](CO)[C@@H](O)[C@H](O)[C@@H]3O[C@H]3O[C@H](CO)[C@@H](O)[C@H](O)[C@@H]3O)[C@@H]2O)[C@@H](O)[C@H](O[C@H]2O[C@H](CO)[C@@H](O)[C@H](O)[C@@H]2O[C@H]2O[C@H](CO)[C@@H](O)[C@H](O)[C@@H]2O[C@H]2O[C@H](CO)[C@@H](O)[C@H](O)[C@@H]2O)[C@@H]1O. The lowest BCUT2D eigenvalue weighted by atomic mass is 9.95. The summed E-state index contributed by atoms with van der Waals surface area (Å²) < 4.78 is 104. The minimum absolute atomic E-state index is 0.959. The summed E-state index contributed by atoms with van der Waals surface area (Å²) in [5, 5.41) is 304. The van der Waals surface area contributed by atoms with Gasteiger partial charge < -0.3 is 228 Å². The summed E-state index contributed by atoms with van der Waals surface area (Å²) in [6.45, 7) is -9.33. The lowest BCUT2D eigenvalue weighted by Gasteiger charge is -2.50. The Morgan fingerprint density at radius 2 is 0.396 bits per heavy atom. The molecule has 45 atom stereocenters. The Bertz CT molecular complexity index is 2470. The number of hydrogen-bond acceptors (Lipinski definition) is 46. The van der Waals surface area contributed by atoms with Crippen LogP contribution in [0.15, 0.2) is 0 Å². The number of methoxy groups -OCH3 is 1. The molecule has 9 aliphatic rings. The molecule has 0 saturated carbocycles. The van der Waals surface area contributed by atoms with Crippen LogP contribution in [0.2, 0.25) is 0 Å². The molecule has 590 valence electrons. The van der Waals surface area contributed by atoms with Gasteiger partial charge in [-0.05, 0) is 0 Å². The van der Waals surface area contributed by atoms with Gasteiger partial charge in [0.25, 0.3) is 0 Å². The minimum atomic E-state index is -2.41. The molecular weight excluding hydrogens is 1400 g/mol. The van der Waals surface area contributed by atoms with Crippen LogP contribution < -0.4 is 0 Å². The van der Waals surface area contributed by atoms with Gasteiger partial charge in [-0.3, -0.25) is 0 Å². The van der Waals surface area contributed by atoms with Gasteiger partial charge in [-0.1, -0.05) is 0 Å². The van der Waals surface area contributed by atoms with Gasteiger partial charge in [0.2, 0.25) is 0 Å². The van der Waals surface area contributed by atoms with E-state index in [9.17, 15) is 143 Å². The number of aliphatic hydroxyl groups is 28. The standard InChI is InChI=1S/C55H94O46/c1-84-47-39(82)41(96-54-46(35(78)26(69)16(7-61)92-54)101-55-45(34(77)25(68)17(8-62)93-55)100-51-38(81)31(74)22(65)13(4-58)89-51)27(70)18(94-47)9-85-48-40(83)42(97-53-44(33(76)24(67)15(6-60)91-53)99-50-37(80)30(73)21(64)12(3-57)88-50)28(71)19(95-48)10-86-52-43(32(75)23(66)14(5-59)90-52)98-49-36(79)29(72)20(63)11(2-56)87-49/h11-83H,2-10H2,1H3/t11-,12-,13-,14-,15-,16-,17-,18-,19-,20-,21-,22-,23-,24-,25-,26-,27-,28-,29+,30+,31+,32+,33+,34+,35+,36+,37+,38+,39+,40+,41+,42+,43+,44+,45+,46+,47+,48+,49-,50-,51-,52+,53-,54-,55-/m1/s1. The third-order valence-electron chi connectivity index (χ3n) is 19.0. The molecule has 0 unspecified atom stereocenters. The van der Waals surface area contributed by atoms with Crippen molar-refractivity contribution in [3.8, 4) is 0 Å². The zero-order valence-electron chi connectivity index (χ0n) is 53.2. The van der Waals surface area contributed by atoms with Crippen LogP contribution in [0.4, 0.5) is 0 Å². The molecule has 9 aliphatic heterocycles. The molecule has 46 nitrogen and oxygen atoms in total. The van der Waals surface area contributed by atoms with E-state index in [1.807, 2.05) is 0 Å². The maximum Gasteiger partial charge on any atom is 0.187 e. The molecule has 9 fully saturated rings. The van der Waals surface area contributed by atoms with Crippen LogP contribution in [0, 0.1) is 0 Å². The summed E-state index contributed by atoms with van der Waals surface area (Å²) in [4.78, 5) is 0.